The number of benzene rings is 1. The molecule has 4 heteroatoms. The maximum absolute atomic E-state index is 11.8. The van der Waals surface area contributed by atoms with E-state index >= 15 is 0 Å². The number of fused-ring (bicyclic) bond motifs is 1. The first kappa shape index (κ1) is 15.6. The molecule has 1 amide bonds. The van der Waals surface area contributed by atoms with E-state index in [0.29, 0.717) is 13.0 Å². The molecule has 0 bridgehead atoms. The first-order valence-corrected chi connectivity index (χ1v) is 7.44. The van der Waals surface area contributed by atoms with Crippen molar-refractivity contribution in [2.45, 2.75) is 32.8 Å². The van der Waals surface area contributed by atoms with Crippen LogP contribution < -0.4 is 10.1 Å². The second-order valence-electron chi connectivity index (χ2n) is 5.73. The average molecular weight is 289 g/mol. The third-order valence-electron chi connectivity index (χ3n) is 3.51. The molecule has 0 fully saturated rings. The van der Waals surface area contributed by atoms with E-state index in [1.807, 2.05) is 25.1 Å². The number of aliphatic hydroxyl groups is 1. The van der Waals surface area contributed by atoms with Gasteiger partial charge in [0.2, 0.25) is 5.91 Å². The fraction of sp³-hybridized carbons (Fsp3) is 0.471. The fourth-order valence-electron chi connectivity index (χ4n) is 2.48. The van der Waals surface area contributed by atoms with E-state index in [1.165, 1.54) is 5.56 Å². The van der Waals surface area contributed by atoms with Crippen LogP contribution in [-0.4, -0.2) is 30.3 Å². The van der Waals surface area contributed by atoms with Crippen LogP contribution in [0.25, 0.3) is 6.08 Å². The van der Waals surface area contributed by atoms with Gasteiger partial charge in [0.05, 0.1) is 12.7 Å². The number of aliphatic hydroxyl groups excluding tert-OH is 1. The number of ether oxygens (including phenoxy) is 1. The lowest BCUT2D eigenvalue weighted by Crippen LogP contribution is -2.27. The summed E-state index contributed by atoms with van der Waals surface area (Å²) in [6.07, 6.45) is 4.65. The molecule has 0 aromatic heterocycles. The van der Waals surface area contributed by atoms with Gasteiger partial charge in [0.1, 0.15) is 5.75 Å². The van der Waals surface area contributed by atoms with Gasteiger partial charge in [-0.1, -0.05) is 13.0 Å². The van der Waals surface area contributed by atoms with E-state index in [9.17, 15) is 9.90 Å². The molecule has 0 saturated heterocycles. The highest BCUT2D eigenvalue weighted by atomic mass is 16.5. The molecule has 0 aliphatic carbocycles. The quantitative estimate of drug-likeness (QED) is 0.789. The van der Waals surface area contributed by atoms with Gasteiger partial charge in [-0.2, -0.15) is 0 Å². The third-order valence-corrected chi connectivity index (χ3v) is 3.51. The van der Waals surface area contributed by atoms with Gasteiger partial charge >= 0.3 is 0 Å². The van der Waals surface area contributed by atoms with E-state index in [1.54, 1.807) is 13.0 Å². The zero-order valence-corrected chi connectivity index (χ0v) is 12.6. The summed E-state index contributed by atoms with van der Waals surface area (Å²) in [6, 6.07) is 5.96. The van der Waals surface area contributed by atoms with Crippen LogP contribution in [0.15, 0.2) is 24.3 Å². The van der Waals surface area contributed by atoms with E-state index in [-0.39, 0.29) is 17.9 Å². The maximum Gasteiger partial charge on any atom is 0.244 e. The van der Waals surface area contributed by atoms with Crippen molar-refractivity contribution in [3.63, 3.8) is 0 Å². The Bertz CT molecular complexity index is 523. The monoisotopic (exact) mass is 289 g/mol. The largest absolute Gasteiger partial charge is 0.493 e. The number of carbonyl (C=O) groups is 1. The Morgan fingerprint density at radius 3 is 3.05 bits per heavy atom. The number of rotatable bonds is 6. The number of carbonyl (C=O) groups excluding carboxylic acids is 1. The van der Waals surface area contributed by atoms with E-state index < -0.39 is 0 Å². The van der Waals surface area contributed by atoms with Crippen LogP contribution in [0.3, 0.4) is 0 Å². The highest BCUT2D eigenvalue weighted by molar-refractivity contribution is 5.91. The van der Waals surface area contributed by atoms with Crippen LogP contribution in [0.4, 0.5) is 0 Å². The van der Waals surface area contributed by atoms with Crippen LogP contribution >= 0.6 is 0 Å². The van der Waals surface area contributed by atoms with Crippen molar-refractivity contribution in [2.24, 2.45) is 5.92 Å². The second kappa shape index (κ2) is 7.27. The summed E-state index contributed by atoms with van der Waals surface area (Å²) in [4.78, 5) is 11.8. The molecule has 1 heterocycles. The van der Waals surface area contributed by atoms with Crippen LogP contribution in [-0.2, 0) is 11.2 Å². The summed E-state index contributed by atoms with van der Waals surface area (Å²) in [7, 11) is 0. The zero-order valence-electron chi connectivity index (χ0n) is 12.6. The Morgan fingerprint density at radius 2 is 2.29 bits per heavy atom. The zero-order chi connectivity index (χ0) is 15.2. The van der Waals surface area contributed by atoms with Gasteiger partial charge in [0.25, 0.3) is 0 Å². The lowest BCUT2D eigenvalue weighted by Gasteiger charge is -2.13. The van der Waals surface area contributed by atoms with Gasteiger partial charge in [-0.15, -0.1) is 0 Å². The SMILES string of the molecule is CC(O)CC(C)CNC(=O)C=Cc1ccc2c(c1)CCO2. The molecule has 21 heavy (non-hydrogen) atoms. The minimum atomic E-state index is -0.332. The molecule has 114 valence electrons. The first-order chi connectivity index (χ1) is 10.0. The Hall–Kier alpha value is -1.81. The van der Waals surface area contributed by atoms with Crippen molar-refractivity contribution in [2.75, 3.05) is 13.2 Å². The summed E-state index contributed by atoms with van der Waals surface area (Å²) in [6.45, 7) is 5.09. The van der Waals surface area contributed by atoms with Crippen molar-refractivity contribution in [3.05, 3.63) is 35.4 Å². The van der Waals surface area contributed by atoms with Crippen molar-refractivity contribution >= 4 is 12.0 Å². The summed E-state index contributed by atoms with van der Waals surface area (Å²) in [5.74, 6) is 1.10. The maximum atomic E-state index is 11.8. The van der Waals surface area contributed by atoms with Crippen molar-refractivity contribution in [1.29, 1.82) is 0 Å². The standard InChI is InChI=1S/C17H23NO3/c1-12(9-13(2)19)11-18-17(20)6-4-14-3-5-16-15(10-14)7-8-21-16/h3-6,10,12-13,19H,7-9,11H2,1-2H3,(H,18,20). The lowest BCUT2D eigenvalue weighted by atomic mass is 10.0. The van der Waals surface area contributed by atoms with Gasteiger partial charge in [-0.3, -0.25) is 4.79 Å². The first-order valence-electron chi connectivity index (χ1n) is 7.44. The highest BCUT2D eigenvalue weighted by Gasteiger charge is 2.11. The van der Waals surface area contributed by atoms with Gasteiger partial charge in [0, 0.05) is 19.0 Å². The molecule has 2 atom stereocenters. The lowest BCUT2D eigenvalue weighted by molar-refractivity contribution is -0.116. The molecule has 2 N–H and O–H groups in total. The summed E-state index contributed by atoms with van der Waals surface area (Å²) in [5, 5.41) is 12.1. The van der Waals surface area contributed by atoms with E-state index in [0.717, 1.165) is 24.3 Å². The highest BCUT2D eigenvalue weighted by Crippen LogP contribution is 2.26. The number of hydrogen-bond donors (Lipinski definition) is 2. The third kappa shape index (κ3) is 4.90. The van der Waals surface area contributed by atoms with Crippen LogP contribution in [0, 0.1) is 5.92 Å². The fourth-order valence-corrected chi connectivity index (χ4v) is 2.48. The Labute approximate surface area is 125 Å². The second-order valence-corrected chi connectivity index (χ2v) is 5.73. The summed E-state index contributed by atoms with van der Waals surface area (Å²) >= 11 is 0. The molecule has 0 radical (unpaired) electrons. The molecular formula is C17H23NO3. The van der Waals surface area contributed by atoms with E-state index in [2.05, 4.69) is 11.4 Å². The number of hydrogen-bond acceptors (Lipinski definition) is 3. The predicted molar refractivity (Wildman–Crippen MR) is 83.1 cm³/mol. The molecule has 1 aliphatic heterocycles. The van der Waals surface area contributed by atoms with Crippen LogP contribution in [0.2, 0.25) is 0 Å². The Kier molecular flexibility index (Phi) is 5.39. The van der Waals surface area contributed by atoms with Gasteiger partial charge in [-0.05, 0) is 48.6 Å². The number of nitrogens with one attached hydrogen (secondary N) is 1. The van der Waals surface area contributed by atoms with E-state index in [4.69, 9.17) is 4.74 Å². The summed E-state index contributed by atoms with van der Waals surface area (Å²) < 4.78 is 5.45. The Morgan fingerprint density at radius 1 is 1.48 bits per heavy atom. The van der Waals surface area contributed by atoms with Crippen LogP contribution in [0.5, 0.6) is 5.75 Å². The molecule has 1 aliphatic rings. The normalized spacial score (nSPS) is 16.3. The molecule has 1 aromatic rings. The minimum Gasteiger partial charge on any atom is -0.493 e. The predicted octanol–water partition coefficient (Wildman–Crippen LogP) is 2.16. The minimum absolute atomic E-state index is 0.107. The molecule has 1 aromatic carbocycles. The van der Waals surface area contributed by atoms with Crippen molar-refractivity contribution in [1.82, 2.24) is 5.32 Å². The smallest absolute Gasteiger partial charge is 0.244 e. The van der Waals surface area contributed by atoms with Gasteiger partial charge in [0.15, 0.2) is 0 Å². The topological polar surface area (TPSA) is 58.6 Å². The Balaban J connectivity index is 1.82. The molecule has 2 unspecified atom stereocenters. The average Bonchev–Trinajstić information content (AvgIpc) is 2.89. The summed E-state index contributed by atoms with van der Waals surface area (Å²) in [5.41, 5.74) is 2.20. The molecule has 0 saturated carbocycles. The number of amides is 1. The van der Waals surface area contributed by atoms with Gasteiger partial charge < -0.3 is 15.2 Å². The van der Waals surface area contributed by atoms with Gasteiger partial charge in [-0.25, -0.2) is 0 Å². The molecule has 4 nitrogen and oxygen atoms in total. The molecular weight excluding hydrogens is 266 g/mol. The van der Waals surface area contributed by atoms with Crippen molar-refractivity contribution < 1.29 is 14.6 Å². The van der Waals surface area contributed by atoms with Crippen LogP contribution in [0.1, 0.15) is 31.4 Å². The molecule has 0 spiro atoms. The molecule has 2 rings (SSSR count). The van der Waals surface area contributed by atoms with Crippen molar-refractivity contribution in [3.8, 4) is 5.75 Å².